The van der Waals surface area contributed by atoms with Gasteiger partial charge in [-0.15, -0.1) is 0 Å². The molecule has 0 amide bonds. The third-order valence-corrected chi connectivity index (χ3v) is 1.82. The van der Waals surface area contributed by atoms with Crippen molar-refractivity contribution in [1.29, 1.82) is 0 Å². The molecule has 0 saturated heterocycles. The van der Waals surface area contributed by atoms with Crippen LogP contribution in [0.25, 0.3) is 0 Å². The summed E-state index contributed by atoms with van der Waals surface area (Å²) in [5.74, 6) is -2.14. The number of carbonyl (C=O) groups is 2. The summed E-state index contributed by atoms with van der Waals surface area (Å²) < 4.78 is 0. The van der Waals surface area contributed by atoms with Crippen molar-refractivity contribution in [3.8, 4) is 5.75 Å². The highest BCUT2D eigenvalue weighted by Crippen LogP contribution is 2.23. The number of pyridine rings is 1. The number of carbonyl (C=O) groups excluding carboxylic acids is 1. The molecule has 0 radical (unpaired) electrons. The van der Waals surface area contributed by atoms with Crippen molar-refractivity contribution >= 4 is 11.8 Å². The molecule has 5 nitrogen and oxygen atoms in total. The van der Waals surface area contributed by atoms with Crippen LogP contribution in [0.15, 0.2) is 6.20 Å². The summed E-state index contributed by atoms with van der Waals surface area (Å²) in [6.45, 7) is 2.69. The SMILES string of the molecule is CC(=O)c1c(C(=O)O)cnc(C)c1O. The van der Waals surface area contributed by atoms with Crippen LogP contribution in [-0.2, 0) is 0 Å². The smallest absolute Gasteiger partial charge is 0.338 e. The third-order valence-electron chi connectivity index (χ3n) is 1.82. The second-order valence-corrected chi connectivity index (χ2v) is 2.84. The molecule has 0 fully saturated rings. The van der Waals surface area contributed by atoms with Crippen LogP contribution in [0.5, 0.6) is 5.75 Å². The summed E-state index contributed by atoms with van der Waals surface area (Å²) in [6, 6.07) is 0. The monoisotopic (exact) mass is 195 g/mol. The number of aromatic carboxylic acids is 1. The quantitative estimate of drug-likeness (QED) is 0.687. The number of aromatic nitrogens is 1. The minimum atomic E-state index is -1.28. The van der Waals surface area contributed by atoms with Crippen molar-refractivity contribution in [3.05, 3.63) is 23.0 Å². The molecule has 74 valence electrons. The van der Waals surface area contributed by atoms with E-state index < -0.39 is 11.8 Å². The predicted octanol–water partition coefficient (Wildman–Crippen LogP) is 0.996. The fraction of sp³-hybridized carbons (Fsp3) is 0.222. The van der Waals surface area contributed by atoms with Crippen LogP contribution in [-0.4, -0.2) is 26.9 Å². The second kappa shape index (κ2) is 3.45. The van der Waals surface area contributed by atoms with Gasteiger partial charge in [-0.25, -0.2) is 4.79 Å². The van der Waals surface area contributed by atoms with Crippen LogP contribution in [0.2, 0.25) is 0 Å². The maximum absolute atomic E-state index is 11.1. The van der Waals surface area contributed by atoms with Gasteiger partial charge in [-0.3, -0.25) is 9.78 Å². The van der Waals surface area contributed by atoms with Crippen LogP contribution in [0.3, 0.4) is 0 Å². The second-order valence-electron chi connectivity index (χ2n) is 2.84. The average molecular weight is 195 g/mol. The van der Waals surface area contributed by atoms with Gasteiger partial charge in [-0.05, 0) is 13.8 Å². The standard InChI is InChI=1S/C9H9NO4/c1-4-8(12)7(5(2)11)6(3-10-4)9(13)14/h3,12H,1-2H3,(H,13,14). The lowest BCUT2D eigenvalue weighted by Gasteiger charge is -2.06. The highest BCUT2D eigenvalue weighted by atomic mass is 16.4. The van der Waals surface area contributed by atoms with E-state index in [2.05, 4.69) is 4.98 Å². The number of nitrogens with zero attached hydrogens (tertiary/aromatic N) is 1. The summed E-state index contributed by atoms with van der Waals surface area (Å²) in [4.78, 5) is 25.4. The van der Waals surface area contributed by atoms with Crippen molar-refractivity contribution in [2.75, 3.05) is 0 Å². The molecular weight excluding hydrogens is 186 g/mol. The van der Waals surface area contributed by atoms with E-state index in [1.807, 2.05) is 0 Å². The topological polar surface area (TPSA) is 87.5 Å². The van der Waals surface area contributed by atoms with Crippen LogP contribution >= 0.6 is 0 Å². The Hall–Kier alpha value is -1.91. The Morgan fingerprint density at radius 2 is 2.00 bits per heavy atom. The lowest BCUT2D eigenvalue weighted by molar-refractivity contribution is 0.0691. The fourth-order valence-corrected chi connectivity index (χ4v) is 1.11. The van der Waals surface area contributed by atoms with Gasteiger partial charge in [-0.1, -0.05) is 0 Å². The fourth-order valence-electron chi connectivity index (χ4n) is 1.11. The molecule has 1 aromatic heterocycles. The van der Waals surface area contributed by atoms with E-state index in [-0.39, 0.29) is 22.6 Å². The minimum absolute atomic E-state index is 0.190. The van der Waals surface area contributed by atoms with Crippen molar-refractivity contribution < 1.29 is 19.8 Å². The number of hydrogen-bond donors (Lipinski definition) is 2. The number of aromatic hydroxyl groups is 1. The predicted molar refractivity (Wildman–Crippen MR) is 47.6 cm³/mol. The summed E-state index contributed by atoms with van der Waals surface area (Å²) in [6.07, 6.45) is 1.06. The van der Waals surface area contributed by atoms with Gasteiger partial charge in [0.2, 0.25) is 0 Å². The molecule has 0 aliphatic rings. The lowest BCUT2D eigenvalue weighted by atomic mass is 10.0. The van der Waals surface area contributed by atoms with E-state index in [1.54, 1.807) is 0 Å². The molecule has 1 aromatic rings. The summed E-state index contributed by atoms with van der Waals surface area (Å²) in [5, 5.41) is 18.2. The van der Waals surface area contributed by atoms with Gasteiger partial charge >= 0.3 is 5.97 Å². The van der Waals surface area contributed by atoms with E-state index in [1.165, 1.54) is 13.8 Å². The molecule has 0 unspecified atom stereocenters. The Labute approximate surface area is 80.0 Å². The molecule has 0 saturated carbocycles. The number of carboxylic acids is 1. The summed E-state index contributed by atoms with van der Waals surface area (Å²) >= 11 is 0. The van der Waals surface area contributed by atoms with Gasteiger partial charge < -0.3 is 10.2 Å². The molecule has 2 N–H and O–H groups in total. The van der Waals surface area contributed by atoms with Crippen LogP contribution in [0, 0.1) is 6.92 Å². The molecule has 0 aliphatic heterocycles. The molecule has 0 spiro atoms. The van der Waals surface area contributed by atoms with Gasteiger partial charge in [0.05, 0.1) is 16.8 Å². The molecule has 0 aromatic carbocycles. The first-order valence-corrected chi connectivity index (χ1v) is 3.88. The highest BCUT2D eigenvalue weighted by Gasteiger charge is 2.19. The van der Waals surface area contributed by atoms with Gasteiger partial charge in [-0.2, -0.15) is 0 Å². The van der Waals surface area contributed by atoms with E-state index in [4.69, 9.17) is 5.11 Å². The number of rotatable bonds is 2. The Kier molecular flexibility index (Phi) is 2.51. The van der Waals surface area contributed by atoms with E-state index in [9.17, 15) is 14.7 Å². The molecular formula is C9H9NO4. The van der Waals surface area contributed by atoms with Gasteiger partial charge in [0.15, 0.2) is 5.78 Å². The van der Waals surface area contributed by atoms with E-state index >= 15 is 0 Å². The zero-order chi connectivity index (χ0) is 10.9. The number of ketones is 1. The number of carboxylic acid groups (broad SMARTS) is 1. The average Bonchev–Trinajstić information content (AvgIpc) is 2.08. The maximum Gasteiger partial charge on any atom is 0.338 e. The maximum atomic E-state index is 11.1. The molecule has 14 heavy (non-hydrogen) atoms. The number of Topliss-reactive ketones (excluding diaryl/α,β-unsaturated/α-hetero) is 1. The number of hydrogen-bond acceptors (Lipinski definition) is 4. The normalized spacial score (nSPS) is 9.86. The zero-order valence-corrected chi connectivity index (χ0v) is 7.74. The van der Waals surface area contributed by atoms with E-state index in [0.29, 0.717) is 0 Å². The first-order valence-electron chi connectivity index (χ1n) is 3.88. The Balaban J connectivity index is 3.53. The van der Waals surface area contributed by atoms with Crippen molar-refractivity contribution in [2.24, 2.45) is 0 Å². The van der Waals surface area contributed by atoms with E-state index in [0.717, 1.165) is 6.20 Å². The summed E-state index contributed by atoms with van der Waals surface area (Å²) in [5.41, 5.74) is -0.231. The highest BCUT2D eigenvalue weighted by molar-refractivity contribution is 6.06. The molecule has 5 heteroatoms. The minimum Gasteiger partial charge on any atom is -0.505 e. The lowest BCUT2D eigenvalue weighted by Crippen LogP contribution is -2.08. The van der Waals surface area contributed by atoms with Crippen LogP contribution in [0.4, 0.5) is 0 Å². The molecule has 0 atom stereocenters. The van der Waals surface area contributed by atoms with Crippen molar-refractivity contribution in [2.45, 2.75) is 13.8 Å². The first-order chi connectivity index (χ1) is 6.45. The Morgan fingerprint density at radius 3 is 2.43 bits per heavy atom. The van der Waals surface area contributed by atoms with Crippen molar-refractivity contribution in [1.82, 2.24) is 4.98 Å². The van der Waals surface area contributed by atoms with Crippen LogP contribution in [0.1, 0.15) is 33.3 Å². The van der Waals surface area contributed by atoms with Crippen molar-refractivity contribution in [3.63, 3.8) is 0 Å². The Morgan fingerprint density at radius 1 is 1.43 bits per heavy atom. The van der Waals surface area contributed by atoms with Crippen LogP contribution < -0.4 is 0 Å². The van der Waals surface area contributed by atoms with Gasteiger partial charge in [0.1, 0.15) is 5.75 Å². The van der Waals surface area contributed by atoms with Gasteiger partial charge in [0, 0.05) is 6.20 Å². The first kappa shape index (κ1) is 10.2. The summed E-state index contributed by atoms with van der Waals surface area (Å²) in [7, 11) is 0. The zero-order valence-electron chi connectivity index (χ0n) is 7.74. The number of aryl methyl sites for hydroxylation is 1. The molecule has 1 heterocycles. The molecule has 0 bridgehead atoms. The molecule has 0 aliphatic carbocycles. The Bertz CT molecular complexity index is 412. The van der Waals surface area contributed by atoms with Gasteiger partial charge in [0.25, 0.3) is 0 Å². The molecule has 1 rings (SSSR count). The largest absolute Gasteiger partial charge is 0.505 e. The third kappa shape index (κ3) is 1.56.